The van der Waals surface area contributed by atoms with Crippen LogP contribution in [-0.2, 0) is 9.53 Å². The number of rotatable bonds is 3. The van der Waals surface area contributed by atoms with E-state index in [0.29, 0.717) is 6.61 Å². The summed E-state index contributed by atoms with van der Waals surface area (Å²) < 4.78 is 30.6. The van der Waals surface area contributed by atoms with E-state index in [1.54, 1.807) is 0 Å². The first-order chi connectivity index (χ1) is 8.39. The number of hydrogen-bond acceptors (Lipinski definition) is 3. The number of piperidine rings is 1. The van der Waals surface area contributed by atoms with Crippen LogP contribution in [0.3, 0.4) is 0 Å². The highest BCUT2D eigenvalue weighted by atomic mass is 19.3. The predicted molar refractivity (Wildman–Crippen MR) is 62.8 cm³/mol. The van der Waals surface area contributed by atoms with Crippen molar-refractivity contribution in [3.05, 3.63) is 0 Å². The van der Waals surface area contributed by atoms with E-state index in [9.17, 15) is 8.78 Å². The van der Waals surface area contributed by atoms with Crippen LogP contribution in [0, 0.1) is 5.92 Å². The molecule has 1 aliphatic heterocycles. The number of aliphatic carboxylic acids is 1. The molecule has 0 aromatic carbocycles. The highest BCUT2D eigenvalue weighted by Gasteiger charge is 2.45. The number of halogens is 2. The van der Waals surface area contributed by atoms with Crippen molar-refractivity contribution in [1.82, 2.24) is 5.32 Å². The SMILES string of the molecule is CC(=O)O.FC1(F)CC(COC2CCCNC2)C1. The zero-order chi connectivity index (χ0) is 13.6. The highest BCUT2D eigenvalue weighted by Crippen LogP contribution is 2.42. The van der Waals surface area contributed by atoms with E-state index in [4.69, 9.17) is 14.6 Å². The number of carboxylic acids is 1. The Balaban J connectivity index is 0.000000357. The maximum Gasteiger partial charge on any atom is 0.300 e. The van der Waals surface area contributed by atoms with Gasteiger partial charge in [0.1, 0.15) is 0 Å². The highest BCUT2D eigenvalue weighted by molar-refractivity contribution is 5.62. The average molecular weight is 265 g/mol. The molecule has 1 saturated heterocycles. The predicted octanol–water partition coefficient (Wildman–Crippen LogP) is 1.89. The van der Waals surface area contributed by atoms with Crippen molar-refractivity contribution in [3.63, 3.8) is 0 Å². The van der Waals surface area contributed by atoms with Crippen molar-refractivity contribution < 1.29 is 23.4 Å². The lowest BCUT2D eigenvalue weighted by Crippen LogP contribution is -2.41. The lowest BCUT2D eigenvalue weighted by Gasteiger charge is -2.36. The van der Waals surface area contributed by atoms with Crippen LogP contribution >= 0.6 is 0 Å². The lowest BCUT2D eigenvalue weighted by molar-refractivity contribution is -0.136. The summed E-state index contributed by atoms with van der Waals surface area (Å²) >= 11 is 0. The van der Waals surface area contributed by atoms with Gasteiger partial charge in [0.05, 0.1) is 12.7 Å². The number of nitrogens with one attached hydrogen (secondary N) is 1. The maximum absolute atomic E-state index is 12.5. The van der Waals surface area contributed by atoms with E-state index in [1.165, 1.54) is 0 Å². The van der Waals surface area contributed by atoms with Gasteiger partial charge in [0, 0.05) is 26.3 Å². The summed E-state index contributed by atoms with van der Waals surface area (Å²) in [5, 5.41) is 10.7. The van der Waals surface area contributed by atoms with Crippen LogP contribution in [0.25, 0.3) is 0 Å². The Morgan fingerprint density at radius 3 is 2.56 bits per heavy atom. The normalized spacial score (nSPS) is 26.7. The topological polar surface area (TPSA) is 58.6 Å². The summed E-state index contributed by atoms with van der Waals surface area (Å²) in [7, 11) is 0. The molecule has 1 saturated carbocycles. The molecule has 0 radical (unpaired) electrons. The van der Waals surface area contributed by atoms with Crippen LogP contribution in [-0.4, -0.2) is 42.8 Å². The molecule has 1 atom stereocenters. The quantitative estimate of drug-likeness (QED) is 0.818. The van der Waals surface area contributed by atoms with Crippen LogP contribution in [0.5, 0.6) is 0 Å². The molecular weight excluding hydrogens is 244 g/mol. The third-order valence-electron chi connectivity index (χ3n) is 2.99. The van der Waals surface area contributed by atoms with Crippen molar-refractivity contribution in [3.8, 4) is 0 Å². The van der Waals surface area contributed by atoms with Gasteiger partial charge in [-0.15, -0.1) is 0 Å². The van der Waals surface area contributed by atoms with Crippen LogP contribution in [0.1, 0.15) is 32.6 Å². The molecule has 0 aromatic heterocycles. The van der Waals surface area contributed by atoms with Gasteiger partial charge in [0.25, 0.3) is 5.97 Å². The molecule has 2 fully saturated rings. The fraction of sp³-hybridized carbons (Fsp3) is 0.917. The number of hydrogen-bond donors (Lipinski definition) is 2. The molecule has 0 bridgehead atoms. The summed E-state index contributed by atoms with van der Waals surface area (Å²) in [5.41, 5.74) is 0. The van der Waals surface area contributed by atoms with Gasteiger partial charge >= 0.3 is 0 Å². The van der Waals surface area contributed by atoms with Gasteiger partial charge in [-0.2, -0.15) is 0 Å². The summed E-state index contributed by atoms with van der Waals surface area (Å²) in [6.45, 7) is 3.53. The molecule has 18 heavy (non-hydrogen) atoms. The molecule has 0 amide bonds. The van der Waals surface area contributed by atoms with E-state index in [0.717, 1.165) is 32.9 Å². The van der Waals surface area contributed by atoms with Crippen molar-refractivity contribution in [2.75, 3.05) is 19.7 Å². The summed E-state index contributed by atoms with van der Waals surface area (Å²) in [4.78, 5) is 9.00. The van der Waals surface area contributed by atoms with E-state index in [-0.39, 0.29) is 24.9 Å². The van der Waals surface area contributed by atoms with E-state index in [1.807, 2.05) is 0 Å². The first kappa shape index (κ1) is 15.3. The zero-order valence-corrected chi connectivity index (χ0v) is 10.6. The fourth-order valence-corrected chi connectivity index (χ4v) is 2.14. The minimum absolute atomic E-state index is 0.0210. The fourth-order valence-electron chi connectivity index (χ4n) is 2.14. The molecule has 1 unspecified atom stereocenters. The summed E-state index contributed by atoms with van der Waals surface area (Å²) in [5.74, 6) is -3.15. The monoisotopic (exact) mass is 265 g/mol. The molecule has 4 nitrogen and oxygen atoms in total. The maximum atomic E-state index is 12.5. The molecule has 106 valence electrons. The molecule has 6 heteroatoms. The van der Waals surface area contributed by atoms with Gasteiger partial charge in [0.15, 0.2) is 0 Å². The zero-order valence-electron chi connectivity index (χ0n) is 10.6. The Morgan fingerprint density at radius 1 is 1.50 bits per heavy atom. The average Bonchev–Trinajstić information content (AvgIpc) is 2.24. The number of ether oxygens (including phenoxy) is 1. The number of carboxylic acid groups (broad SMARTS) is 1. The van der Waals surface area contributed by atoms with Crippen molar-refractivity contribution in [2.45, 2.75) is 44.6 Å². The molecule has 1 heterocycles. The van der Waals surface area contributed by atoms with Gasteiger partial charge in [-0.05, 0) is 25.3 Å². The first-order valence-corrected chi connectivity index (χ1v) is 6.29. The first-order valence-electron chi connectivity index (χ1n) is 6.29. The van der Waals surface area contributed by atoms with Crippen molar-refractivity contribution >= 4 is 5.97 Å². The number of alkyl halides is 2. The Hall–Kier alpha value is -0.750. The molecule has 0 spiro atoms. The van der Waals surface area contributed by atoms with E-state index < -0.39 is 11.9 Å². The standard InChI is InChI=1S/C10H17F2NO.C2H4O2/c11-10(12)4-8(5-10)7-14-9-2-1-3-13-6-9;1-2(3)4/h8-9,13H,1-7H2;1H3,(H,3,4). The Kier molecular flexibility index (Phi) is 5.95. The molecule has 2 N–H and O–H groups in total. The smallest absolute Gasteiger partial charge is 0.300 e. The Morgan fingerprint density at radius 2 is 2.11 bits per heavy atom. The third-order valence-corrected chi connectivity index (χ3v) is 2.99. The van der Waals surface area contributed by atoms with E-state index in [2.05, 4.69) is 5.32 Å². The Labute approximate surface area is 106 Å². The van der Waals surface area contributed by atoms with Gasteiger partial charge in [-0.25, -0.2) is 8.78 Å². The minimum Gasteiger partial charge on any atom is -0.481 e. The van der Waals surface area contributed by atoms with Gasteiger partial charge in [0.2, 0.25) is 5.92 Å². The molecule has 2 rings (SSSR count). The third kappa shape index (κ3) is 6.26. The van der Waals surface area contributed by atoms with Gasteiger partial charge in [-0.3, -0.25) is 4.79 Å². The minimum atomic E-state index is -2.40. The summed E-state index contributed by atoms with van der Waals surface area (Å²) in [6, 6.07) is 0. The summed E-state index contributed by atoms with van der Waals surface area (Å²) in [6.07, 6.45) is 2.49. The lowest BCUT2D eigenvalue weighted by atomic mass is 9.82. The second-order valence-electron chi connectivity index (χ2n) is 4.95. The van der Waals surface area contributed by atoms with E-state index >= 15 is 0 Å². The number of carbonyl (C=O) groups is 1. The van der Waals surface area contributed by atoms with Gasteiger partial charge in [-0.1, -0.05) is 0 Å². The van der Waals surface area contributed by atoms with Crippen LogP contribution in [0.4, 0.5) is 8.78 Å². The largest absolute Gasteiger partial charge is 0.481 e. The van der Waals surface area contributed by atoms with Gasteiger partial charge < -0.3 is 15.2 Å². The molecular formula is C12H21F2NO3. The van der Waals surface area contributed by atoms with Crippen LogP contribution < -0.4 is 5.32 Å². The van der Waals surface area contributed by atoms with Crippen molar-refractivity contribution in [1.29, 1.82) is 0 Å². The Bertz CT molecular complexity index is 256. The second kappa shape index (κ2) is 6.99. The molecule has 0 aromatic rings. The molecule has 2 aliphatic rings. The van der Waals surface area contributed by atoms with Crippen molar-refractivity contribution in [2.24, 2.45) is 5.92 Å². The second-order valence-corrected chi connectivity index (χ2v) is 4.95. The van der Waals surface area contributed by atoms with Crippen LogP contribution in [0.2, 0.25) is 0 Å². The van der Waals surface area contributed by atoms with Crippen LogP contribution in [0.15, 0.2) is 0 Å². The molecule has 1 aliphatic carbocycles.